The molecule has 0 aliphatic rings. The Kier molecular flexibility index (Phi) is 5.69. The van der Waals surface area contributed by atoms with Crippen molar-refractivity contribution in [2.75, 3.05) is 7.05 Å². The van der Waals surface area contributed by atoms with Crippen molar-refractivity contribution in [3.8, 4) is 6.07 Å². The lowest BCUT2D eigenvalue weighted by atomic mass is 9.88. The van der Waals surface area contributed by atoms with Gasteiger partial charge in [-0.05, 0) is 17.5 Å². The van der Waals surface area contributed by atoms with Crippen molar-refractivity contribution in [3.63, 3.8) is 0 Å². The summed E-state index contributed by atoms with van der Waals surface area (Å²) >= 11 is 0. The Hall–Kier alpha value is -2.36. The fraction of sp³-hybridized carbons (Fsp3) is 0.400. The lowest BCUT2D eigenvalue weighted by Crippen LogP contribution is -2.32. The average Bonchev–Trinajstić information content (AvgIpc) is 2.46. The smallest absolute Gasteiger partial charge is 0.358 e. The first-order valence-electron chi connectivity index (χ1n) is 6.52. The molecule has 118 valence electrons. The molecule has 1 N–H and O–H groups in total. The zero-order valence-corrected chi connectivity index (χ0v) is 12.1. The van der Waals surface area contributed by atoms with Crippen LogP contribution in [0.5, 0.6) is 0 Å². The van der Waals surface area contributed by atoms with Gasteiger partial charge < -0.3 is 5.32 Å². The number of hydrogen-bond acceptors (Lipinski definition) is 3. The average molecular weight is 312 g/mol. The molecule has 0 aromatic heterocycles. The van der Waals surface area contributed by atoms with Crippen molar-refractivity contribution in [1.82, 2.24) is 5.32 Å². The molecule has 0 aliphatic carbocycles. The molecule has 0 saturated heterocycles. The Bertz CT molecular complexity index is 606. The number of halogens is 3. The number of nitriles is 1. The molecule has 1 aromatic carbocycles. The Morgan fingerprint density at radius 2 is 1.91 bits per heavy atom. The molecule has 1 amide bonds. The zero-order valence-electron chi connectivity index (χ0n) is 12.1. The number of hydrogen-bond donors (Lipinski definition) is 1. The fourth-order valence-corrected chi connectivity index (χ4v) is 2.14. The quantitative estimate of drug-likeness (QED) is 0.850. The number of amides is 1. The van der Waals surface area contributed by atoms with E-state index in [1.807, 2.05) is 0 Å². The summed E-state index contributed by atoms with van der Waals surface area (Å²) in [5.74, 6) is -3.73. The molecule has 22 heavy (non-hydrogen) atoms. The minimum absolute atomic E-state index is 0.0306. The molecule has 2 atom stereocenters. The number of nitrogens with zero attached hydrogens (tertiary/aromatic N) is 1. The summed E-state index contributed by atoms with van der Waals surface area (Å²) in [6.45, 7) is 1.46. The lowest BCUT2D eigenvalue weighted by Gasteiger charge is -2.18. The van der Waals surface area contributed by atoms with Crippen molar-refractivity contribution >= 4 is 11.7 Å². The largest absolute Gasteiger partial charge is 0.416 e. The van der Waals surface area contributed by atoms with Crippen LogP contribution in [0.3, 0.4) is 0 Å². The Balaban J connectivity index is 3.00. The topological polar surface area (TPSA) is 70.0 Å². The van der Waals surface area contributed by atoms with Gasteiger partial charge in [-0.15, -0.1) is 0 Å². The molecular weight excluding hydrogens is 297 g/mol. The summed E-state index contributed by atoms with van der Waals surface area (Å²) < 4.78 is 38.9. The summed E-state index contributed by atoms with van der Waals surface area (Å²) in [6.07, 6.45) is -4.85. The van der Waals surface area contributed by atoms with E-state index in [0.717, 1.165) is 6.07 Å². The van der Waals surface area contributed by atoms with Crippen molar-refractivity contribution in [2.45, 2.75) is 25.4 Å². The molecule has 0 unspecified atom stereocenters. The molecular formula is C15H15F3N2O2. The fourth-order valence-electron chi connectivity index (χ4n) is 2.14. The normalized spacial score (nSPS) is 13.8. The maximum atomic E-state index is 13.0. The molecule has 1 aromatic rings. The molecule has 0 bridgehead atoms. The Morgan fingerprint density at radius 1 is 1.32 bits per heavy atom. The van der Waals surface area contributed by atoms with Gasteiger partial charge in [-0.3, -0.25) is 9.59 Å². The first kappa shape index (κ1) is 17.7. The van der Waals surface area contributed by atoms with E-state index in [-0.39, 0.29) is 12.0 Å². The van der Waals surface area contributed by atoms with Gasteiger partial charge in [0.1, 0.15) is 0 Å². The lowest BCUT2D eigenvalue weighted by molar-refractivity contribution is -0.139. The third kappa shape index (κ3) is 4.07. The summed E-state index contributed by atoms with van der Waals surface area (Å²) in [5, 5.41) is 11.0. The van der Waals surface area contributed by atoms with Gasteiger partial charge in [0.2, 0.25) is 5.91 Å². The van der Waals surface area contributed by atoms with Gasteiger partial charge in [0.05, 0.1) is 11.6 Å². The number of carbonyl (C=O) groups excluding carboxylic acids is 2. The van der Waals surface area contributed by atoms with Gasteiger partial charge >= 0.3 is 6.18 Å². The number of Topliss-reactive ketones (excluding diaryl/α,β-unsaturated/α-hetero) is 1. The first-order valence-corrected chi connectivity index (χ1v) is 6.52. The number of ketones is 1. The van der Waals surface area contributed by atoms with E-state index in [9.17, 15) is 22.8 Å². The van der Waals surface area contributed by atoms with Crippen LogP contribution in [-0.4, -0.2) is 18.7 Å². The van der Waals surface area contributed by atoms with Crippen LogP contribution in [0.2, 0.25) is 0 Å². The van der Waals surface area contributed by atoms with Crippen molar-refractivity contribution in [3.05, 3.63) is 35.4 Å². The van der Waals surface area contributed by atoms with Crippen LogP contribution >= 0.6 is 0 Å². The van der Waals surface area contributed by atoms with Gasteiger partial charge in [0.15, 0.2) is 11.7 Å². The van der Waals surface area contributed by atoms with Crippen LogP contribution in [0.1, 0.15) is 30.4 Å². The van der Waals surface area contributed by atoms with Crippen LogP contribution in [0, 0.1) is 17.2 Å². The van der Waals surface area contributed by atoms with Crippen LogP contribution in [-0.2, 0) is 15.8 Å². The molecule has 0 fully saturated rings. The second-order valence-electron chi connectivity index (χ2n) is 4.83. The van der Waals surface area contributed by atoms with Gasteiger partial charge in [-0.2, -0.15) is 18.4 Å². The number of nitrogens with one attached hydrogen (secondary N) is 1. The molecule has 0 aliphatic heterocycles. The van der Waals surface area contributed by atoms with Crippen molar-refractivity contribution < 1.29 is 22.8 Å². The predicted octanol–water partition coefficient (Wildman–Crippen LogP) is 2.65. The van der Waals surface area contributed by atoms with E-state index >= 15 is 0 Å². The SMILES string of the molecule is CNC(=O)[C@@H](C#N)C(=O)C[C@@H](C)c1ccccc1C(F)(F)F. The molecule has 1 rings (SSSR count). The van der Waals surface area contributed by atoms with Crippen LogP contribution in [0.25, 0.3) is 0 Å². The standard InChI is InChI=1S/C15H15F3N2O2/c1-9(7-13(21)11(8-19)14(22)20-2)10-5-3-4-6-12(10)15(16,17)18/h3-6,9,11H,7H2,1-2H3,(H,20,22)/t9-,11+/m1/s1. The van der Waals surface area contributed by atoms with Crippen LogP contribution in [0.15, 0.2) is 24.3 Å². The highest BCUT2D eigenvalue weighted by atomic mass is 19.4. The van der Waals surface area contributed by atoms with Gasteiger partial charge in [0.25, 0.3) is 0 Å². The Morgan fingerprint density at radius 3 is 2.41 bits per heavy atom. The highest BCUT2D eigenvalue weighted by Crippen LogP contribution is 2.36. The van der Waals surface area contributed by atoms with Crippen LogP contribution in [0.4, 0.5) is 13.2 Å². The van der Waals surface area contributed by atoms with Crippen molar-refractivity contribution in [2.24, 2.45) is 5.92 Å². The summed E-state index contributed by atoms with van der Waals surface area (Å²) in [6, 6.07) is 6.52. The van der Waals surface area contributed by atoms with E-state index in [4.69, 9.17) is 5.26 Å². The van der Waals surface area contributed by atoms with E-state index in [0.29, 0.717) is 0 Å². The molecule has 0 saturated carbocycles. The highest BCUT2D eigenvalue weighted by molar-refractivity contribution is 6.04. The molecule has 0 heterocycles. The number of carbonyl (C=O) groups is 2. The van der Waals surface area contributed by atoms with Crippen molar-refractivity contribution in [1.29, 1.82) is 5.26 Å². The third-order valence-corrected chi connectivity index (χ3v) is 3.26. The third-order valence-electron chi connectivity index (χ3n) is 3.26. The van der Waals surface area contributed by atoms with Gasteiger partial charge in [-0.1, -0.05) is 25.1 Å². The maximum Gasteiger partial charge on any atom is 0.416 e. The monoisotopic (exact) mass is 312 g/mol. The second kappa shape index (κ2) is 7.07. The van der Waals surface area contributed by atoms with E-state index < -0.39 is 35.3 Å². The summed E-state index contributed by atoms with van der Waals surface area (Å²) in [5.41, 5.74) is -0.847. The van der Waals surface area contributed by atoms with E-state index in [2.05, 4.69) is 5.32 Å². The Labute approximate surface area is 125 Å². The number of alkyl halides is 3. The molecule has 0 radical (unpaired) electrons. The summed E-state index contributed by atoms with van der Waals surface area (Å²) in [7, 11) is 1.28. The second-order valence-corrected chi connectivity index (χ2v) is 4.83. The van der Waals surface area contributed by atoms with Gasteiger partial charge in [0, 0.05) is 13.5 Å². The molecule has 4 nitrogen and oxygen atoms in total. The number of benzene rings is 1. The van der Waals surface area contributed by atoms with Gasteiger partial charge in [-0.25, -0.2) is 0 Å². The zero-order chi connectivity index (χ0) is 16.9. The highest BCUT2D eigenvalue weighted by Gasteiger charge is 2.35. The summed E-state index contributed by atoms with van der Waals surface area (Å²) in [4.78, 5) is 23.3. The van der Waals surface area contributed by atoms with E-state index in [1.54, 1.807) is 6.07 Å². The predicted molar refractivity (Wildman–Crippen MR) is 72.7 cm³/mol. The first-order chi connectivity index (χ1) is 10.2. The molecule has 7 heteroatoms. The van der Waals surface area contributed by atoms with Crippen LogP contribution < -0.4 is 5.32 Å². The molecule has 0 spiro atoms. The maximum absolute atomic E-state index is 13.0. The number of rotatable bonds is 5. The minimum Gasteiger partial charge on any atom is -0.358 e. The van der Waals surface area contributed by atoms with E-state index in [1.165, 1.54) is 32.2 Å². The minimum atomic E-state index is -4.52.